The van der Waals surface area contributed by atoms with Crippen molar-refractivity contribution in [2.24, 2.45) is 0 Å². The van der Waals surface area contributed by atoms with Gasteiger partial charge in [-0.05, 0) is 84.6 Å². The fourth-order valence-corrected chi connectivity index (χ4v) is 4.34. The van der Waals surface area contributed by atoms with E-state index in [1.54, 1.807) is 35.4 Å². The minimum absolute atomic E-state index is 0.137. The first-order valence-corrected chi connectivity index (χ1v) is 12.0. The van der Waals surface area contributed by atoms with E-state index < -0.39 is 29.8 Å². The van der Waals surface area contributed by atoms with Gasteiger partial charge in [0.15, 0.2) is 0 Å². The lowest BCUT2D eigenvalue weighted by atomic mass is 10.0. The van der Waals surface area contributed by atoms with Crippen LogP contribution in [0.2, 0.25) is 0 Å². The molecule has 1 saturated heterocycles. The Morgan fingerprint density at radius 3 is 2.26 bits per heavy atom. The number of aliphatic hydroxyl groups is 1. The zero-order valence-corrected chi connectivity index (χ0v) is 21.4. The van der Waals surface area contributed by atoms with Crippen molar-refractivity contribution < 1.29 is 24.5 Å². The van der Waals surface area contributed by atoms with E-state index in [-0.39, 0.29) is 17.1 Å². The van der Waals surface area contributed by atoms with Crippen LogP contribution in [0.5, 0.6) is 0 Å². The van der Waals surface area contributed by atoms with Crippen molar-refractivity contribution >= 4 is 17.9 Å². The maximum absolute atomic E-state index is 13.3. The smallest absolute Gasteiger partial charge is 0.410 e. The summed E-state index contributed by atoms with van der Waals surface area (Å²) in [5.41, 5.74) is 0.957. The Morgan fingerprint density at radius 1 is 1.09 bits per heavy atom. The number of likely N-dealkylation sites (tertiary alicyclic amines) is 1. The van der Waals surface area contributed by atoms with Gasteiger partial charge < -0.3 is 20.3 Å². The number of ether oxygens (including phenoxy) is 1. The third-order valence-corrected chi connectivity index (χ3v) is 5.82. The molecule has 0 spiro atoms. The van der Waals surface area contributed by atoms with Gasteiger partial charge >= 0.3 is 12.1 Å². The number of carbonyl (C=O) groups is 2. The summed E-state index contributed by atoms with van der Waals surface area (Å²) < 4.78 is 5.70. The molecule has 1 fully saturated rings. The number of aromatic nitrogens is 1. The molecule has 1 aliphatic rings. The molecule has 2 aromatic rings. The topological polar surface area (TPSA) is 112 Å². The Labute approximate surface area is 207 Å². The predicted octanol–water partition coefficient (Wildman–Crippen LogP) is 5.03. The lowest BCUT2D eigenvalue weighted by Gasteiger charge is -2.35. The van der Waals surface area contributed by atoms with Crippen LogP contribution in [-0.4, -0.2) is 55.4 Å². The molecule has 1 amide bonds. The number of amides is 1. The molecule has 8 heteroatoms. The number of anilines is 1. The maximum Gasteiger partial charge on any atom is 0.410 e. The average molecular weight is 484 g/mol. The van der Waals surface area contributed by atoms with Crippen LogP contribution < -0.4 is 5.32 Å². The zero-order chi connectivity index (χ0) is 26.0. The van der Waals surface area contributed by atoms with E-state index in [1.165, 1.54) is 0 Å². The number of carbonyl (C=O) groups excluding carboxylic acids is 1. The molecular weight excluding hydrogens is 446 g/mol. The Morgan fingerprint density at radius 2 is 1.74 bits per heavy atom. The van der Waals surface area contributed by atoms with Gasteiger partial charge in [0.2, 0.25) is 0 Å². The molecule has 0 aliphatic carbocycles. The van der Waals surface area contributed by atoms with E-state index in [0.717, 1.165) is 5.56 Å². The molecule has 8 nitrogen and oxygen atoms in total. The van der Waals surface area contributed by atoms with Gasteiger partial charge in [-0.1, -0.05) is 18.2 Å². The van der Waals surface area contributed by atoms with Crippen LogP contribution in [-0.2, 0) is 11.2 Å². The van der Waals surface area contributed by atoms with Crippen LogP contribution in [0.1, 0.15) is 82.0 Å². The molecule has 3 rings (SSSR count). The summed E-state index contributed by atoms with van der Waals surface area (Å²) in [5, 5.41) is 23.7. The van der Waals surface area contributed by atoms with Crippen LogP contribution in [0, 0.1) is 0 Å². The van der Waals surface area contributed by atoms with Crippen molar-refractivity contribution in [3.63, 3.8) is 0 Å². The molecule has 35 heavy (non-hydrogen) atoms. The lowest BCUT2D eigenvalue weighted by Crippen LogP contribution is -2.47. The van der Waals surface area contributed by atoms with Crippen LogP contribution in [0.3, 0.4) is 0 Å². The van der Waals surface area contributed by atoms with Crippen LogP contribution in [0.15, 0.2) is 42.6 Å². The molecule has 1 aromatic heterocycles. The summed E-state index contributed by atoms with van der Waals surface area (Å²) >= 11 is 0. The van der Waals surface area contributed by atoms with Crippen molar-refractivity contribution in [1.82, 2.24) is 9.88 Å². The molecule has 3 atom stereocenters. The fourth-order valence-electron chi connectivity index (χ4n) is 4.34. The second-order valence-electron chi connectivity index (χ2n) is 11.2. The Kier molecular flexibility index (Phi) is 7.74. The van der Waals surface area contributed by atoms with Crippen LogP contribution in [0.25, 0.3) is 0 Å². The van der Waals surface area contributed by atoms with Gasteiger partial charge in [0, 0.05) is 23.3 Å². The number of nitrogens with zero attached hydrogens (tertiary/aromatic N) is 2. The largest absolute Gasteiger partial charge is 0.478 e. The number of rotatable bonds is 6. The van der Waals surface area contributed by atoms with E-state index in [4.69, 9.17) is 9.84 Å². The van der Waals surface area contributed by atoms with Crippen molar-refractivity contribution in [2.45, 2.75) is 90.1 Å². The average Bonchev–Trinajstić information content (AvgIpc) is 3.15. The van der Waals surface area contributed by atoms with Gasteiger partial charge in [0.1, 0.15) is 17.5 Å². The van der Waals surface area contributed by atoms with E-state index in [9.17, 15) is 14.7 Å². The highest BCUT2D eigenvalue weighted by atomic mass is 16.6. The molecular formula is C27H37N3O5. The minimum atomic E-state index is -0.978. The maximum atomic E-state index is 13.3. The van der Waals surface area contributed by atoms with Crippen molar-refractivity contribution in [3.05, 3.63) is 59.3 Å². The number of hydrogen-bond donors (Lipinski definition) is 3. The third kappa shape index (κ3) is 7.18. The standard InChI is InChI=1S/C27H37N3O5/c1-26(2,3)29-22-14-11-19(16-28-22)23(31)21-13-12-20(30(21)25(34)35-27(4,5)6)15-17-7-9-18(10-8-17)24(32)33/h7-11,14,16,20-21,23,31H,12-13,15H2,1-6H3,(H,28,29)(H,32,33)/t20?,21-,23-/m1/s1. The summed E-state index contributed by atoms with van der Waals surface area (Å²) in [6, 6.07) is 9.68. The molecule has 3 N–H and O–H groups in total. The van der Waals surface area contributed by atoms with Gasteiger partial charge in [-0.2, -0.15) is 0 Å². The van der Waals surface area contributed by atoms with Crippen molar-refractivity contribution in [1.29, 1.82) is 0 Å². The quantitative estimate of drug-likeness (QED) is 0.528. The molecule has 1 aliphatic heterocycles. The first-order valence-electron chi connectivity index (χ1n) is 12.0. The number of pyridine rings is 1. The van der Waals surface area contributed by atoms with Gasteiger partial charge in [-0.3, -0.25) is 4.90 Å². The van der Waals surface area contributed by atoms with E-state index in [2.05, 4.69) is 10.3 Å². The fraction of sp³-hybridized carbons (Fsp3) is 0.519. The lowest BCUT2D eigenvalue weighted by molar-refractivity contribution is -0.00459. The number of carboxylic acids is 1. The SMILES string of the molecule is CC(C)(C)Nc1ccc([C@@H](O)[C@H]2CCC(Cc3ccc(C(=O)O)cc3)N2C(=O)OC(C)(C)C)cn1. The summed E-state index contributed by atoms with van der Waals surface area (Å²) in [6.45, 7) is 11.6. The van der Waals surface area contributed by atoms with Crippen molar-refractivity contribution in [2.75, 3.05) is 5.32 Å². The first kappa shape index (κ1) is 26.5. The second-order valence-corrected chi connectivity index (χ2v) is 11.2. The highest BCUT2D eigenvalue weighted by Crippen LogP contribution is 2.36. The first-order chi connectivity index (χ1) is 16.2. The van der Waals surface area contributed by atoms with Gasteiger partial charge in [-0.15, -0.1) is 0 Å². The molecule has 2 heterocycles. The zero-order valence-electron chi connectivity index (χ0n) is 21.4. The molecule has 190 valence electrons. The highest BCUT2D eigenvalue weighted by Gasteiger charge is 2.43. The number of hydrogen-bond acceptors (Lipinski definition) is 6. The molecule has 0 bridgehead atoms. The van der Waals surface area contributed by atoms with Gasteiger partial charge in [0.05, 0.1) is 11.6 Å². The van der Waals surface area contributed by atoms with E-state index in [1.807, 2.05) is 53.7 Å². The number of aromatic carboxylic acids is 1. The number of carboxylic acid groups (broad SMARTS) is 1. The van der Waals surface area contributed by atoms with Gasteiger partial charge in [0.25, 0.3) is 0 Å². The van der Waals surface area contributed by atoms with Crippen LogP contribution in [0.4, 0.5) is 10.6 Å². The third-order valence-electron chi connectivity index (χ3n) is 5.82. The highest BCUT2D eigenvalue weighted by molar-refractivity contribution is 5.87. The Balaban J connectivity index is 1.82. The van der Waals surface area contributed by atoms with E-state index >= 15 is 0 Å². The Hall–Kier alpha value is -3.13. The molecule has 1 aromatic carbocycles. The number of aliphatic hydroxyl groups excluding tert-OH is 1. The minimum Gasteiger partial charge on any atom is -0.478 e. The van der Waals surface area contributed by atoms with Gasteiger partial charge in [-0.25, -0.2) is 14.6 Å². The second kappa shape index (κ2) is 10.2. The van der Waals surface area contributed by atoms with E-state index in [0.29, 0.717) is 30.6 Å². The predicted molar refractivity (Wildman–Crippen MR) is 135 cm³/mol. The normalized spacial score (nSPS) is 19.3. The summed E-state index contributed by atoms with van der Waals surface area (Å²) in [5.74, 6) is -0.264. The molecule has 1 unspecified atom stereocenters. The number of nitrogens with one attached hydrogen (secondary N) is 1. The monoisotopic (exact) mass is 483 g/mol. The molecule has 0 radical (unpaired) electrons. The van der Waals surface area contributed by atoms with Crippen molar-refractivity contribution in [3.8, 4) is 0 Å². The summed E-state index contributed by atoms with van der Waals surface area (Å²) in [7, 11) is 0. The number of benzene rings is 1. The summed E-state index contributed by atoms with van der Waals surface area (Å²) in [6.07, 6.45) is 2.10. The molecule has 0 saturated carbocycles. The summed E-state index contributed by atoms with van der Waals surface area (Å²) in [4.78, 5) is 30.5. The van der Waals surface area contributed by atoms with Crippen LogP contribution >= 0.6 is 0 Å². The Bertz CT molecular complexity index is 1020.